The maximum Gasteiger partial charge on any atom is 0.125 e. The zero-order valence-corrected chi connectivity index (χ0v) is 7.66. The van der Waals surface area contributed by atoms with E-state index in [1.54, 1.807) is 7.11 Å². The molecule has 1 aromatic rings. The number of hydrogen-bond acceptors (Lipinski definition) is 3. The maximum atomic E-state index is 8.88. The number of aliphatic hydroxyl groups excluding tert-OH is 1. The normalized spacial score (nSPS) is 15.8. The van der Waals surface area contributed by atoms with Crippen LogP contribution in [-0.2, 0) is 6.61 Å². The first kappa shape index (κ1) is 8.51. The topological polar surface area (TPSA) is 42.4 Å². The minimum Gasteiger partial charge on any atom is -0.496 e. The van der Waals surface area contributed by atoms with Gasteiger partial charge in [0.2, 0.25) is 0 Å². The van der Waals surface area contributed by atoms with Gasteiger partial charge in [0.25, 0.3) is 0 Å². The summed E-state index contributed by atoms with van der Waals surface area (Å²) in [6.45, 7) is -0.0265. The van der Waals surface area contributed by atoms with E-state index >= 15 is 0 Å². The molecule has 2 rings (SSSR count). The minimum absolute atomic E-state index is 0.0265. The monoisotopic (exact) mass is 179 g/mol. The first-order valence-corrected chi connectivity index (χ1v) is 4.49. The predicted molar refractivity (Wildman–Crippen MR) is 48.7 cm³/mol. The summed E-state index contributed by atoms with van der Waals surface area (Å²) in [5, 5.41) is 8.88. The van der Waals surface area contributed by atoms with E-state index in [2.05, 4.69) is 4.98 Å². The van der Waals surface area contributed by atoms with E-state index in [0.717, 1.165) is 5.75 Å². The van der Waals surface area contributed by atoms with Gasteiger partial charge in [-0.15, -0.1) is 0 Å². The van der Waals surface area contributed by atoms with Gasteiger partial charge in [0, 0.05) is 17.8 Å². The second-order valence-corrected chi connectivity index (χ2v) is 3.35. The van der Waals surface area contributed by atoms with Gasteiger partial charge in [0.15, 0.2) is 0 Å². The Morgan fingerprint density at radius 1 is 1.62 bits per heavy atom. The zero-order chi connectivity index (χ0) is 9.26. The summed E-state index contributed by atoms with van der Waals surface area (Å²) >= 11 is 0. The lowest BCUT2D eigenvalue weighted by Gasteiger charge is -2.07. The van der Waals surface area contributed by atoms with E-state index in [4.69, 9.17) is 9.84 Å². The van der Waals surface area contributed by atoms with Crippen molar-refractivity contribution in [1.82, 2.24) is 4.98 Å². The fourth-order valence-electron chi connectivity index (χ4n) is 1.45. The molecule has 0 aromatic carbocycles. The molecule has 1 aliphatic rings. The van der Waals surface area contributed by atoms with Crippen molar-refractivity contribution in [3.05, 3.63) is 23.5 Å². The second-order valence-electron chi connectivity index (χ2n) is 3.35. The van der Waals surface area contributed by atoms with E-state index in [9.17, 15) is 0 Å². The van der Waals surface area contributed by atoms with Crippen molar-refractivity contribution >= 4 is 0 Å². The van der Waals surface area contributed by atoms with E-state index < -0.39 is 0 Å². The van der Waals surface area contributed by atoms with Crippen LogP contribution in [0.25, 0.3) is 0 Å². The fourth-order valence-corrected chi connectivity index (χ4v) is 1.45. The molecule has 0 amide bonds. The van der Waals surface area contributed by atoms with Gasteiger partial charge < -0.3 is 9.84 Å². The van der Waals surface area contributed by atoms with Crippen LogP contribution in [0.3, 0.4) is 0 Å². The van der Waals surface area contributed by atoms with Crippen LogP contribution >= 0.6 is 0 Å². The van der Waals surface area contributed by atoms with E-state index in [1.165, 1.54) is 18.4 Å². The highest BCUT2D eigenvalue weighted by molar-refractivity contribution is 5.37. The molecule has 1 aliphatic carbocycles. The Morgan fingerprint density at radius 2 is 2.38 bits per heavy atom. The van der Waals surface area contributed by atoms with Crippen LogP contribution in [0.2, 0.25) is 0 Å². The van der Waals surface area contributed by atoms with Crippen molar-refractivity contribution in [2.75, 3.05) is 7.11 Å². The van der Waals surface area contributed by atoms with Crippen molar-refractivity contribution in [3.63, 3.8) is 0 Å². The summed E-state index contributed by atoms with van der Waals surface area (Å²) in [5.41, 5.74) is 1.85. The molecular weight excluding hydrogens is 166 g/mol. The predicted octanol–water partition coefficient (Wildman–Crippen LogP) is 1.46. The summed E-state index contributed by atoms with van der Waals surface area (Å²) in [7, 11) is 1.66. The number of aliphatic hydroxyl groups is 1. The van der Waals surface area contributed by atoms with Crippen molar-refractivity contribution in [2.45, 2.75) is 25.4 Å². The molecule has 0 aliphatic heterocycles. The van der Waals surface area contributed by atoms with Crippen molar-refractivity contribution < 1.29 is 9.84 Å². The summed E-state index contributed by atoms with van der Waals surface area (Å²) in [5.74, 6) is 1.50. The lowest BCUT2D eigenvalue weighted by Crippen LogP contribution is -1.95. The molecule has 70 valence electrons. The number of nitrogens with zero attached hydrogens (tertiary/aromatic N) is 1. The molecule has 1 fully saturated rings. The fraction of sp³-hybridized carbons (Fsp3) is 0.500. The van der Waals surface area contributed by atoms with Crippen LogP contribution in [0.4, 0.5) is 0 Å². The summed E-state index contributed by atoms with van der Waals surface area (Å²) in [6, 6.07) is 1.81. The van der Waals surface area contributed by atoms with Crippen LogP contribution in [0, 0.1) is 0 Å². The van der Waals surface area contributed by atoms with Crippen LogP contribution in [0.15, 0.2) is 12.3 Å². The quantitative estimate of drug-likeness (QED) is 0.763. The van der Waals surface area contributed by atoms with Gasteiger partial charge in [-0.1, -0.05) is 0 Å². The third kappa shape index (κ3) is 1.65. The van der Waals surface area contributed by atoms with Crippen LogP contribution in [-0.4, -0.2) is 17.2 Å². The lowest BCUT2D eigenvalue weighted by atomic mass is 10.1. The Balaban J connectivity index is 2.33. The smallest absolute Gasteiger partial charge is 0.125 e. The van der Waals surface area contributed by atoms with E-state index in [-0.39, 0.29) is 6.61 Å². The third-order valence-corrected chi connectivity index (χ3v) is 2.35. The molecule has 1 aromatic heterocycles. The molecule has 3 heteroatoms. The molecule has 1 saturated carbocycles. The van der Waals surface area contributed by atoms with Gasteiger partial charge in [-0.2, -0.15) is 0 Å². The number of pyridine rings is 1. The van der Waals surface area contributed by atoms with Crippen LogP contribution < -0.4 is 4.74 Å². The molecule has 0 unspecified atom stereocenters. The minimum atomic E-state index is -0.0265. The van der Waals surface area contributed by atoms with E-state index in [0.29, 0.717) is 11.6 Å². The second kappa shape index (κ2) is 3.34. The molecule has 13 heavy (non-hydrogen) atoms. The summed E-state index contributed by atoms with van der Waals surface area (Å²) in [4.78, 5) is 4.14. The van der Waals surface area contributed by atoms with Crippen LogP contribution in [0.1, 0.15) is 30.0 Å². The molecule has 0 spiro atoms. The van der Waals surface area contributed by atoms with Crippen molar-refractivity contribution in [3.8, 4) is 5.75 Å². The Morgan fingerprint density at radius 3 is 2.92 bits per heavy atom. The third-order valence-electron chi connectivity index (χ3n) is 2.35. The Bertz CT molecular complexity index is 308. The molecular formula is C10H13NO2. The average molecular weight is 179 g/mol. The van der Waals surface area contributed by atoms with Gasteiger partial charge in [0.05, 0.1) is 19.4 Å². The zero-order valence-electron chi connectivity index (χ0n) is 7.66. The molecule has 0 atom stereocenters. The molecule has 0 bridgehead atoms. The van der Waals surface area contributed by atoms with Gasteiger partial charge in [-0.3, -0.25) is 4.98 Å². The number of ether oxygens (including phenoxy) is 1. The highest BCUT2D eigenvalue weighted by Gasteiger charge is 2.27. The van der Waals surface area contributed by atoms with Gasteiger partial charge >= 0.3 is 0 Å². The van der Waals surface area contributed by atoms with E-state index in [1.807, 2.05) is 12.3 Å². The summed E-state index contributed by atoms with van der Waals surface area (Å²) in [6.07, 6.45) is 4.29. The Hall–Kier alpha value is -1.09. The SMILES string of the molecule is COc1cc(CO)ncc1C1CC1. The average Bonchev–Trinajstić information content (AvgIpc) is 3.00. The van der Waals surface area contributed by atoms with Gasteiger partial charge in [-0.25, -0.2) is 0 Å². The molecule has 1 N–H and O–H groups in total. The van der Waals surface area contributed by atoms with Crippen molar-refractivity contribution in [1.29, 1.82) is 0 Å². The number of methoxy groups -OCH3 is 1. The number of aromatic nitrogens is 1. The highest BCUT2D eigenvalue weighted by atomic mass is 16.5. The standard InChI is InChI=1S/C10H13NO2/c1-13-10-4-8(6-12)11-5-9(10)7-2-3-7/h4-5,7,12H,2-3,6H2,1H3. The Kier molecular flexibility index (Phi) is 2.19. The number of hydrogen-bond donors (Lipinski definition) is 1. The first-order valence-electron chi connectivity index (χ1n) is 4.49. The van der Waals surface area contributed by atoms with Crippen molar-refractivity contribution in [2.24, 2.45) is 0 Å². The van der Waals surface area contributed by atoms with Gasteiger partial charge in [0.1, 0.15) is 5.75 Å². The molecule has 0 radical (unpaired) electrons. The maximum absolute atomic E-state index is 8.88. The first-order chi connectivity index (χ1) is 6.35. The molecule has 3 nitrogen and oxygen atoms in total. The van der Waals surface area contributed by atoms with Crippen LogP contribution in [0.5, 0.6) is 5.75 Å². The lowest BCUT2D eigenvalue weighted by molar-refractivity contribution is 0.275. The summed E-state index contributed by atoms with van der Waals surface area (Å²) < 4.78 is 5.24. The molecule has 1 heterocycles. The highest BCUT2D eigenvalue weighted by Crippen LogP contribution is 2.43. The number of rotatable bonds is 3. The van der Waals surface area contributed by atoms with Gasteiger partial charge in [-0.05, 0) is 18.8 Å². The Labute approximate surface area is 77.4 Å². The molecule has 0 saturated heterocycles. The largest absolute Gasteiger partial charge is 0.496 e.